The van der Waals surface area contributed by atoms with Gasteiger partial charge in [-0.3, -0.25) is 10.1 Å². The smallest absolute Gasteiger partial charge is 0.273 e. The number of aryl methyl sites for hydroxylation is 2. The van der Waals surface area contributed by atoms with E-state index in [4.69, 9.17) is 4.42 Å². The van der Waals surface area contributed by atoms with Crippen molar-refractivity contribution in [2.75, 3.05) is 0 Å². The van der Waals surface area contributed by atoms with Gasteiger partial charge in [-0.1, -0.05) is 0 Å². The second kappa shape index (κ2) is 5.84. The average Bonchev–Trinajstić information content (AvgIpc) is 3.16. The summed E-state index contributed by atoms with van der Waals surface area (Å²) in [5.74, 6) is 1.08. The molecular formula is C15H13N5O3. The Bertz CT molecular complexity index is 881. The molecular weight excluding hydrogens is 298 g/mol. The number of rotatable bonds is 4. The van der Waals surface area contributed by atoms with Crippen LogP contribution in [0.2, 0.25) is 0 Å². The molecule has 23 heavy (non-hydrogen) atoms. The van der Waals surface area contributed by atoms with Crippen molar-refractivity contribution in [3.8, 4) is 11.3 Å². The fourth-order valence-corrected chi connectivity index (χ4v) is 2.25. The summed E-state index contributed by atoms with van der Waals surface area (Å²) in [6, 6.07) is 6.81. The fourth-order valence-electron chi connectivity index (χ4n) is 2.25. The van der Waals surface area contributed by atoms with Gasteiger partial charge in [0.1, 0.15) is 24.2 Å². The van der Waals surface area contributed by atoms with Gasteiger partial charge in [-0.2, -0.15) is 5.10 Å². The summed E-state index contributed by atoms with van der Waals surface area (Å²) in [4.78, 5) is 10.7. The van der Waals surface area contributed by atoms with E-state index >= 15 is 0 Å². The molecule has 0 amide bonds. The van der Waals surface area contributed by atoms with Crippen molar-refractivity contribution in [2.45, 2.75) is 13.8 Å². The quantitative estimate of drug-likeness (QED) is 0.419. The Morgan fingerprint density at radius 3 is 2.65 bits per heavy atom. The summed E-state index contributed by atoms with van der Waals surface area (Å²) in [5.41, 5.74) is 2.29. The predicted molar refractivity (Wildman–Crippen MR) is 83.3 cm³/mol. The number of nitrogens with zero attached hydrogens (tertiary/aromatic N) is 5. The van der Waals surface area contributed by atoms with Crippen molar-refractivity contribution in [1.29, 1.82) is 0 Å². The maximum Gasteiger partial charge on any atom is 0.273 e. The largest absolute Gasteiger partial charge is 0.455 e. The molecule has 0 aliphatic heterocycles. The second-order valence-electron chi connectivity index (χ2n) is 5.00. The van der Waals surface area contributed by atoms with Crippen molar-refractivity contribution >= 4 is 11.9 Å². The summed E-state index contributed by atoms with van der Waals surface area (Å²) in [6.45, 7) is 3.60. The lowest BCUT2D eigenvalue weighted by atomic mass is 10.0. The van der Waals surface area contributed by atoms with E-state index in [0.717, 1.165) is 5.56 Å². The molecule has 0 aliphatic rings. The number of hydrogen-bond acceptors (Lipinski definition) is 6. The number of hydrogen-bond donors (Lipinski definition) is 0. The van der Waals surface area contributed by atoms with Crippen LogP contribution in [0.15, 0.2) is 46.4 Å². The Hall–Kier alpha value is -3.29. The van der Waals surface area contributed by atoms with Crippen LogP contribution < -0.4 is 0 Å². The molecule has 2 heterocycles. The summed E-state index contributed by atoms with van der Waals surface area (Å²) in [6.07, 6.45) is 4.42. The Balaban J connectivity index is 1.94. The Morgan fingerprint density at radius 1 is 1.22 bits per heavy atom. The summed E-state index contributed by atoms with van der Waals surface area (Å²) < 4.78 is 7.13. The van der Waals surface area contributed by atoms with Gasteiger partial charge in [0.05, 0.1) is 11.1 Å². The molecule has 2 aromatic heterocycles. The van der Waals surface area contributed by atoms with Crippen LogP contribution in [0.1, 0.15) is 16.9 Å². The lowest BCUT2D eigenvalue weighted by molar-refractivity contribution is -0.385. The monoisotopic (exact) mass is 311 g/mol. The number of nitro groups is 1. The zero-order valence-electron chi connectivity index (χ0n) is 12.5. The first-order valence-corrected chi connectivity index (χ1v) is 6.79. The molecule has 3 aromatic rings. The van der Waals surface area contributed by atoms with Gasteiger partial charge in [-0.15, -0.1) is 10.2 Å². The van der Waals surface area contributed by atoms with Crippen LogP contribution in [0.5, 0.6) is 0 Å². The zero-order valence-corrected chi connectivity index (χ0v) is 12.5. The maximum absolute atomic E-state index is 11.1. The highest BCUT2D eigenvalue weighted by molar-refractivity contribution is 5.78. The highest BCUT2D eigenvalue weighted by atomic mass is 16.6. The highest BCUT2D eigenvalue weighted by Crippen LogP contribution is 2.31. The Morgan fingerprint density at radius 2 is 1.96 bits per heavy atom. The van der Waals surface area contributed by atoms with Crippen LogP contribution in [-0.4, -0.2) is 26.0 Å². The second-order valence-corrected chi connectivity index (χ2v) is 5.00. The first-order chi connectivity index (χ1) is 11.0. The van der Waals surface area contributed by atoms with Crippen molar-refractivity contribution < 1.29 is 9.34 Å². The molecule has 8 nitrogen and oxygen atoms in total. The summed E-state index contributed by atoms with van der Waals surface area (Å²) in [7, 11) is 0. The molecule has 3 rings (SSSR count). The van der Waals surface area contributed by atoms with E-state index < -0.39 is 4.92 Å². The first-order valence-electron chi connectivity index (χ1n) is 6.79. The fraction of sp³-hybridized carbons (Fsp3) is 0.133. The molecule has 0 atom stereocenters. The maximum atomic E-state index is 11.1. The summed E-state index contributed by atoms with van der Waals surface area (Å²) in [5, 5.41) is 22.5. The van der Waals surface area contributed by atoms with Crippen molar-refractivity contribution in [3.05, 3.63) is 63.9 Å². The van der Waals surface area contributed by atoms with Gasteiger partial charge in [-0.05, 0) is 37.6 Å². The molecule has 0 bridgehead atoms. The third kappa shape index (κ3) is 3.00. The molecule has 116 valence electrons. The van der Waals surface area contributed by atoms with Gasteiger partial charge < -0.3 is 4.42 Å². The topological polar surface area (TPSA) is 99.3 Å². The van der Waals surface area contributed by atoms with Crippen LogP contribution in [0.3, 0.4) is 0 Å². The van der Waals surface area contributed by atoms with E-state index in [2.05, 4.69) is 15.3 Å². The minimum Gasteiger partial charge on any atom is -0.455 e. The van der Waals surface area contributed by atoms with E-state index in [0.29, 0.717) is 22.6 Å². The van der Waals surface area contributed by atoms with Gasteiger partial charge >= 0.3 is 0 Å². The van der Waals surface area contributed by atoms with Gasteiger partial charge in [0.15, 0.2) is 0 Å². The first kappa shape index (κ1) is 14.6. The average molecular weight is 311 g/mol. The van der Waals surface area contributed by atoms with E-state index in [1.807, 2.05) is 6.92 Å². The third-order valence-electron chi connectivity index (χ3n) is 3.36. The van der Waals surface area contributed by atoms with Crippen LogP contribution >= 0.6 is 0 Å². The molecule has 0 N–H and O–H groups in total. The normalized spacial score (nSPS) is 11.2. The molecule has 0 fully saturated rings. The van der Waals surface area contributed by atoms with E-state index in [9.17, 15) is 10.1 Å². The number of aromatic nitrogens is 3. The zero-order chi connectivity index (χ0) is 16.4. The summed E-state index contributed by atoms with van der Waals surface area (Å²) >= 11 is 0. The van der Waals surface area contributed by atoms with Crippen molar-refractivity contribution in [1.82, 2.24) is 14.9 Å². The van der Waals surface area contributed by atoms with E-state index in [-0.39, 0.29) is 5.69 Å². The van der Waals surface area contributed by atoms with E-state index in [1.165, 1.54) is 29.6 Å². The minimum absolute atomic E-state index is 0.0710. The highest BCUT2D eigenvalue weighted by Gasteiger charge is 2.16. The molecule has 0 radical (unpaired) electrons. The Labute approximate surface area is 131 Å². The SMILES string of the molecule is Cc1cc(C)c([N+](=O)[O-])cc1-c1ccc(C=Nn2cnnc2)o1. The standard InChI is InChI=1S/C15H13N5O3/c1-10-5-11(2)14(20(21)22)6-13(10)15-4-3-12(23-15)7-18-19-8-16-17-9-19/h3-9H,1-2H3. The molecule has 1 aromatic carbocycles. The van der Waals surface area contributed by atoms with Crippen LogP contribution in [-0.2, 0) is 0 Å². The minimum atomic E-state index is -0.393. The van der Waals surface area contributed by atoms with Crippen molar-refractivity contribution in [3.63, 3.8) is 0 Å². The van der Waals surface area contributed by atoms with Crippen LogP contribution in [0, 0.1) is 24.0 Å². The molecule has 0 saturated carbocycles. The van der Waals surface area contributed by atoms with Crippen molar-refractivity contribution in [2.24, 2.45) is 5.10 Å². The van der Waals surface area contributed by atoms with Gasteiger partial charge in [0.2, 0.25) is 0 Å². The lowest BCUT2D eigenvalue weighted by Gasteiger charge is -2.05. The third-order valence-corrected chi connectivity index (χ3v) is 3.36. The molecule has 0 saturated heterocycles. The molecule has 0 aliphatic carbocycles. The van der Waals surface area contributed by atoms with Gasteiger partial charge in [-0.25, -0.2) is 4.68 Å². The predicted octanol–water partition coefficient (Wildman–Crippen LogP) is 2.95. The molecule has 8 heteroatoms. The number of nitro benzene ring substituents is 1. The van der Waals surface area contributed by atoms with Crippen LogP contribution in [0.25, 0.3) is 11.3 Å². The Kier molecular flexibility index (Phi) is 3.71. The van der Waals surface area contributed by atoms with Gasteiger partial charge in [0.25, 0.3) is 5.69 Å². The van der Waals surface area contributed by atoms with E-state index in [1.54, 1.807) is 25.1 Å². The molecule has 0 spiro atoms. The number of furan rings is 1. The number of benzene rings is 1. The lowest BCUT2D eigenvalue weighted by Crippen LogP contribution is -1.94. The molecule has 0 unspecified atom stereocenters. The van der Waals surface area contributed by atoms with Gasteiger partial charge in [0, 0.05) is 17.2 Å². The van der Waals surface area contributed by atoms with Crippen LogP contribution in [0.4, 0.5) is 5.69 Å².